The van der Waals surface area contributed by atoms with E-state index in [4.69, 9.17) is 15.7 Å². The average molecular weight is 262 g/mol. The van der Waals surface area contributed by atoms with Gasteiger partial charge in [-0.2, -0.15) is 10.1 Å². The van der Waals surface area contributed by atoms with Crippen LogP contribution in [0.1, 0.15) is 12.0 Å². The van der Waals surface area contributed by atoms with E-state index in [2.05, 4.69) is 0 Å². The van der Waals surface area contributed by atoms with E-state index in [1.807, 2.05) is 24.3 Å². The first-order valence-electron chi connectivity index (χ1n) is 5.74. The first kappa shape index (κ1) is 14.7. The van der Waals surface area contributed by atoms with E-state index in [0.29, 0.717) is 0 Å². The average Bonchev–Trinajstić information content (AvgIpc) is 2.42. The number of urea groups is 1. The van der Waals surface area contributed by atoms with E-state index in [1.165, 1.54) is 7.05 Å². The van der Waals surface area contributed by atoms with Crippen LogP contribution < -0.4 is 5.73 Å². The molecule has 0 aliphatic rings. The normalized spacial score (nSPS) is 13.1. The van der Waals surface area contributed by atoms with Crippen molar-refractivity contribution >= 4 is 12.1 Å². The summed E-state index contributed by atoms with van der Waals surface area (Å²) in [5.74, 6) is 0. The van der Waals surface area contributed by atoms with Crippen LogP contribution in [-0.4, -0.2) is 30.2 Å². The fourth-order valence-corrected chi connectivity index (χ4v) is 1.43. The number of ether oxygens (including phenoxy) is 1. The van der Waals surface area contributed by atoms with Gasteiger partial charge in [0.15, 0.2) is 0 Å². The number of imide groups is 1. The second kappa shape index (κ2) is 6.52. The van der Waals surface area contributed by atoms with Crippen LogP contribution in [0.2, 0.25) is 0 Å². The number of quaternary nitrogens is 1. The van der Waals surface area contributed by atoms with E-state index in [1.54, 1.807) is 12.1 Å². The summed E-state index contributed by atoms with van der Waals surface area (Å²) < 4.78 is 4.34. The van der Waals surface area contributed by atoms with Crippen LogP contribution in [0, 0.1) is 11.3 Å². The number of hydrogen-bond acceptors (Lipinski definition) is 4. The molecule has 0 spiro atoms. The zero-order valence-corrected chi connectivity index (χ0v) is 10.7. The quantitative estimate of drug-likeness (QED) is 0.836. The molecule has 6 heteroatoms. The highest BCUT2D eigenvalue weighted by Gasteiger charge is 2.40. The molecular weight excluding hydrogens is 246 g/mol. The molecule has 0 radical (unpaired) electrons. The topological polar surface area (TPSA) is 93.2 Å². The number of nitrogens with zero attached hydrogens (tertiary/aromatic N) is 2. The molecule has 0 bridgehead atoms. The molecule has 1 rings (SSSR count). The number of nitrogens with two attached hydrogens (primary N) is 1. The van der Waals surface area contributed by atoms with Crippen molar-refractivity contribution in [1.82, 2.24) is 0 Å². The van der Waals surface area contributed by atoms with Crippen molar-refractivity contribution in [2.45, 2.75) is 13.0 Å². The van der Waals surface area contributed by atoms with E-state index in [0.717, 1.165) is 5.56 Å². The van der Waals surface area contributed by atoms with Gasteiger partial charge in [-0.15, -0.1) is 4.48 Å². The van der Waals surface area contributed by atoms with E-state index in [-0.39, 0.29) is 19.6 Å². The first-order valence-corrected chi connectivity index (χ1v) is 5.74. The van der Waals surface area contributed by atoms with Crippen LogP contribution >= 0.6 is 0 Å². The largest absolute Gasteiger partial charge is 0.525 e. The molecule has 1 atom stereocenters. The molecular formula is C13H16N3O3+. The number of benzene rings is 1. The summed E-state index contributed by atoms with van der Waals surface area (Å²) in [6.45, 7) is 0.0623. The van der Waals surface area contributed by atoms with Gasteiger partial charge >= 0.3 is 12.1 Å². The lowest BCUT2D eigenvalue weighted by molar-refractivity contribution is -0.753. The van der Waals surface area contributed by atoms with Crippen molar-refractivity contribution in [2.75, 3.05) is 13.6 Å². The second-order valence-electron chi connectivity index (χ2n) is 4.20. The van der Waals surface area contributed by atoms with Gasteiger partial charge in [0.25, 0.3) is 0 Å². The van der Waals surface area contributed by atoms with Crippen molar-refractivity contribution < 1.29 is 18.8 Å². The highest BCUT2D eigenvalue weighted by molar-refractivity contribution is 5.78. The minimum atomic E-state index is -0.840. The lowest BCUT2D eigenvalue weighted by Crippen LogP contribution is -2.57. The zero-order chi connectivity index (χ0) is 14.3. The summed E-state index contributed by atoms with van der Waals surface area (Å²) in [5, 5.41) is 8.54. The Morgan fingerprint density at radius 1 is 1.37 bits per heavy atom. The number of amides is 3. The summed E-state index contributed by atoms with van der Waals surface area (Å²) in [6.07, 6.45) is -0.716. The molecule has 0 heterocycles. The molecule has 0 fully saturated rings. The van der Waals surface area contributed by atoms with Crippen molar-refractivity contribution in [3.8, 4) is 6.07 Å². The summed E-state index contributed by atoms with van der Waals surface area (Å²) >= 11 is 0. The molecule has 0 saturated heterocycles. The highest BCUT2D eigenvalue weighted by atomic mass is 16.6. The SMILES string of the molecule is C[N+](CCC#N)(C(N)=O)C(=O)OCc1ccccc1. The van der Waals surface area contributed by atoms with Crippen LogP contribution in [0.25, 0.3) is 0 Å². The van der Waals surface area contributed by atoms with Crippen LogP contribution in [0.15, 0.2) is 30.3 Å². The van der Waals surface area contributed by atoms with Gasteiger partial charge in [0.1, 0.15) is 13.2 Å². The smallest absolute Gasteiger partial charge is 0.415 e. The van der Waals surface area contributed by atoms with E-state index < -0.39 is 16.6 Å². The molecule has 3 amide bonds. The number of rotatable bonds is 4. The Labute approximate surface area is 111 Å². The number of hydrogen-bond donors (Lipinski definition) is 1. The van der Waals surface area contributed by atoms with Gasteiger partial charge in [-0.25, -0.2) is 4.79 Å². The fraction of sp³-hybridized carbons (Fsp3) is 0.308. The van der Waals surface area contributed by atoms with Crippen LogP contribution in [0.5, 0.6) is 0 Å². The molecule has 2 N–H and O–H groups in total. The van der Waals surface area contributed by atoms with Crippen molar-refractivity contribution in [3.05, 3.63) is 35.9 Å². The molecule has 0 aliphatic heterocycles. The highest BCUT2D eigenvalue weighted by Crippen LogP contribution is 2.10. The first-order chi connectivity index (χ1) is 9.00. The molecule has 1 unspecified atom stereocenters. The minimum Gasteiger partial charge on any atom is -0.415 e. The molecule has 0 aliphatic carbocycles. The number of carbonyl (C=O) groups excluding carboxylic acids is 2. The third-order valence-electron chi connectivity index (χ3n) is 2.77. The van der Waals surface area contributed by atoms with E-state index in [9.17, 15) is 9.59 Å². The molecule has 1 aromatic rings. The van der Waals surface area contributed by atoms with Crippen LogP contribution in [0.4, 0.5) is 9.59 Å². The molecule has 100 valence electrons. The monoisotopic (exact) mass is 262 g/mol. The molecule has 19 heavy (non-hydrogen) atoms. The summed E-state index contributed by atoms with van der Waals surface area (Å²) in [4.78, 5) is 23.3. The van der Waals surface area contributed by atoms with Crippen LogP contribution in [-0.2, 0) is 11.3 Å². The summed E-state index contributed by atoms with van der Waals surface area (Å²) in [6, 6.07) is 10.1. The third-order valence-corrected chi connectivity index (χ3v) is 2.77. The predicted octanol–water partition coefficient (Wildman–Crippen LogP) is 1.76. The maximum atomic E-state index is 11.9. The van der Waals surface area contributed by atoms with Crippen molar-refractivity contribution in [3.63, 3.8) is 0 Å². The predicted molar refractivity (Wildman–Crippen MR) is 67.5 cm³/mol. The molecule has 6 nitrogen and oxygen atoms in total. The van der Waals surface area contributed by atoms with Gasteiger partial charge in [0, 0.05) is 0 Å². The third kappa shape index (κ3) is 3.79. The summed E-state index contributed by atoms with van der Waals surface area (Å²) in [7, 11) is 1.34. The Balaban J connectivity index is 2.68. The maximum absolute atomic E-state index is 11.9. The lowest BCUT2D eigenvalue weighted by atomic mass is 10.2. The number of nitriles is 1. The van der Waals surface area contributed by atoms with Gasteiger partial charge in [0.2, 0.25) is 0 Å². The zero-order valence-electron chi connectivity index (χ0n) is 10.7. The minimum absolute atomic E-state index is 0.000539. The van der Waals surface area contributed by atoms with Gasteiger partial charge in [-0.3, -0.25) is 0 Å². The van der Waals surface area contributed by atoms with Gasteiger partial charge in [-0.05, 0) is 5.56 Å². The number of primary amides is 1. The van der Waals surface area contributed by atoms with Gasteiger partial charge < -0.3 is 10.5 Å². The fourth-order valence-electron chi connectivity index (χ4n) is 1.43. The van der Waals surface area contributed by atoms with Gasteiger partial charge in [-0.1, -0.05) is 30.3 Å². The van der Waals surface area contributed by atoms with E-state index >= 15 is 0 Å². The Kier molecular flexibility index (Phi) is 5.03. The second-order valence-corrected chi connectivity index (χ2v) is 4.20. The molecule has 0 aromatic heterocycles. The Hall–Kier alpha value is -2.39. The number of carbonyl (C=O) groups is 2. The van der Waals surface area contributed by atoms with Crippen molar-refractivity contribution in [1.29, 1.82) is 5.26 Å². The summed E-state index contributed by atoms with van der Waals surface area (Å²) in [5.41, 5.74) is 6.02. The standard InChI is InChI=1S/C13H15N3O3/c1-16(12(15)17,9-5-8-14)13(18)19-10-11-6-3-2-4-7-11/h2-4,6-7H,5,9-10H2,1H3,(H-,15,17)/p+1. The van der Waals surface area contributed by atoms with Gasteiger partial charge in [0.05, 0.1) is 19.5 Å². The Bertz CT molecular complexity index is 496. The lowest BCUT2D eigenvalue weighted by Gasteiger charge is -2.24. The van der Waals surface area contributed by atoms with Crippen LogP contribution in [0.3, 0.4) is 0 Å². The molecule has 0 saturated carbocycles. The maximum Gasteiger partial charge on any atom is 0.525 e. The van der Waals surface area contributed by atoms with Crippen molar-refractivity contribution in [2.24, 2.45) is 5.73 Å². The Morgan fingerprint density at radius 2 is 2.00 bits per heavy atom. The molecule has 1 aromatic carbocycles. The Morgan fingerprint density at radius 3 is 2.53 bits per heavy atom.